The number of rotatable bonds is 9. The number of nitrogens with one attached hydrogen (secondary N) is 1. The lowest BCUT2D eigenvalue weighted by atomic mass is 10.1. The van der Waals surface area contributed by atoms with Gasteiger partial charge in [-0.05, 0) is 56.3 Å². The highest BCUT2D eigenvalue weighted by Crippen LogP contribution is 2.29. The summed E-state index contributed by atoms with van der Waals surface area (Å²) in [5, 5.41) is 2.90. The quantitative estimate of drug-likeness (QED) is 0.650. The Morgan fingerprint density at radius 2 is 1.60 bits per heavy atom. The second-order valence-electron chi connectivity index (χ2n) is 6.82. The van der Waals surface area contributed by atoms with Crippen molar-refractivity contribution in [2.75, 3.05) is 31.8 Å². The number of anilines is 1. The van der Waals surface area contributed by atoms with E-state index in [2.05, 4.69) is 5.32 Å². The molecule has 0 unspecified atom stereocenters. The van der Waals surface area contributed by atoms with Crippen molar-refractivity contribution < 1.29 is 27.4 Å². The summed E-state index contributed by atoms with van der Waals surface area (Å²) in [5.41, 5.74) is 1.28. The molecule has 2 atom stereocenters. The van der Waals surface area contributed by atoms with Crippen molar-refractivity contribution in [3.63, 3.8) is 0 Å². The van der Waals surface area contributed by atoms with Crippen molar-refractivity contribution in [1.29, 1.82) is 0 Å². The molecule has 0 aliphatic heterocycles. The molecule has 0 aliphatic carbocycles. The van der Waals surface area contributed by atoms with Gasteiger partial charge in [-0.15, -0.1) is 0 Å². The van der Waals surface area contributed by atoms with Crippen LogP contribution in [0.1, 0.15) is 25.5 Å². The first-order valence-electron chi connectivity index (χ1n) is 9.29. The monoisotopic (exact) mass is 436 g/mol. The minimum atomic E-state index is -3.35. The van der Waals surface area contributed by atoms with Crippen LogP contribution in [0.25, 0.3) is 0 Å². The van der Waals surface area contributed by atoms with E-state index in [1.54, 1.807) is 57.5 Å². The highest BCUT2D eigenvalue weighted by atomic mass is 32.2. The number of benzene rings is 2. The van der Waals surface area contributed by atoms with Crippen LogP contribution < -0.4 is 23.8 Å². The SMILES string of the molecule is COc1ccc(OC)c([C@H](C)NC(=O)[C@H](C)Oc2ccc(N(C)S(C)(=O)=O)cc2)c1. The molecule has 1 N–H and O–H groups in total. The second-order valence-corrected chi connectivity index (χ2v) is 8.84. The van der Waals surface area contributed by atoms with Gasteiger partial charge in [0.1, 0.15) is 17.2 Å². The van der Waals surface area contributed by atoms with Gasteiger partial charge in [0.2, 0.25) is 10.0 Å². The van der Waals surface area contributed by atoms with Crippen LogP contribution in [0.2, 0.25) is 0 Å². The smallest absolute Gasteiger partial charge is 0.261 e. The van der Waals surface area contributed by atoms with Crippen molar-refractivity contribution in [3.8, 4) is 17.2 Å². The zero-order valence-corrected chi connectivity index (χ0v) is 18.8. The molecule has 30 heavy (non-hydrogen) atoms. The molecule has 1 amide bonds. The van der Waals surface area contributed by atoms with Gasteiger partial charge in [0, 0.05) is 12.6 Å². The van der Waals surface area contributed by atoms with E-state index < -0.39 is 16.1 Å². The number of carbonyl (C=O) groups is 1. The first kappa shape index (κ1) is 23.3. The third kappa shape index (κ3) is 5.79. The van der Waals surface area contributed by atoms with E-state index in [0.717, 1.165) is 16.1 Å². The third-order valence-corrected chi connectivity index (χ3v) is 5.85. The van der Waals surface area contributed by atoms with E-state index in [-0.39, 0.29) is 11.9 Å². The maximum atomic E-state index is 12.6. The molecule has 0 bridgehead atoms. The fraction of sp³-hybridized carbons (Fsp3) is 0.381. The predicted octanol–water partition coefficient (Wildman–Crippen LogP) is 2.74. The summed E-state index contributed by atoms with van der Waals surface area (Å²) in [7, 11) is 1.26. The van der Waals surface area contributed by atoms with Gasteiger partial charge in [0.05, 0.1) is 32.2 Å². The van der Waals surface area contributed by atoms with Crippen LogP contribution in [-0.2, 0) is 14.8 Å². The van der Waals surface area contributed by atoms with Crippen molar-refractivity contribution in [2.45, 2.75) is 26.0 Å². The number of hydrogen-bond donors (Lipinski definition) is 1. The molecule has 164 valence electrons. The van der Waals surface area contributed by atoms with Gasteiger partial charge in [-0.2, -0.15) is 0 Å². The molecule has 0 saturated heterocycles. The van der Waals surface area contributed by atoms with E-state index in [9.17, 15) is 13.2 Å². The van der Waals surface area contributed by atoms with Crippen LogP contribution in [0.15, 0.2) is 42.5 Å². The Labute approximate surface area is 177 Å². The third-order valence-electron chi connectivity index (χ3n) is 4.64. The lowest BCUT2D eigenvalue weighted by Crippen LogP contribution is -2.37. The minimum absolute atomic E-state index is 0.301. The Morgan fingerprint density at radius 1 is 1.00 bits per heavy atom. The van der Waals surface area contributed by atoms with Crippen molar-refractivity contribution in [2.24, 2.45) is 0 Å². The normalized spacial score (nSPS) is 13.1. The maximum absolute atomic E-state index is 12.6. The van der Waals surface area contributed by atoms with Gasteiger partial charge >= 0.3 is 0 Å². The Morgan fingerprint density at radius 3 is 2.13 bits per heavy atom. The maximum Gasteiger partial charge on any atom is 0.261 e. The van der Waals surface area contributed by atoms with E-state index in [1.165, 1.54) is 7.05 Å². The van der Waals surface area contributed by atoms with Crippen LogP contribution in [0.4, 0.5) is 5.69 Å². The van der Waals surface area contributed by atoms with E-state index in [4.69, 9.17) is 14.2 Å². The molecule has 0 heterocycles. The molecule has 2 rings (SSSR count). The van der Waals surface area contributed by atoms with Crippen molar-refractivity contribution >= 4 is 21.6 Å². The first-order valence-corrected chi connectivity index (χ1v) is 11.1. The van der Waals surface area contributed by atoms with Gasteiger partial charge in [-0.1, -0.05) is 0 Å². The summed E-state index contributed by atoms with van der Waals surface area (Å²) in [4.78, 5) is 12.6. The van der Waals surface area contributed by atoms with Crippen molar-refractivity contribution in [3.05, 3.63) is 48.0 Å². The topological polar surface area (TPSA) is 94.2 Å². The summed E-state index contributed by atoms with van der Waals surface area (Å²) >= 11 is 0. The van der Waals surface area contributed by atoms with Gasteiger partial charge < -0.3 is 19.5 Å². The molecule has 0 spiro atoms. The average Bonchev–Trinajstić information content (AvgIpc) is 2.72. The van der Waals surface area contributed by atoms with Crippen LogP contribution in [0.3, 0.4) is 0 Å². The summed E-state index contributed by atoms with van der Waals surface area (Å²) in [6.45, 7) is 3.49. The first-order chi connectivity index (χ1) is 14.1. The molecular weight excluding hydrogens is 408 g/mol. The molecule has 2 aromatic rings. The van der Waals surface area contributed by atoms with Crippen molar-refractivity contribution in [1.82, 2.24) is 5.32 Å². The molecule has 9 heteroatoms. The van der Waals surface area contributed by atoms with Gasteiger partial charge in [0.25, 0.3) is 5.91 Å². The number of nitrogens with zero attached hydrogens (tertiary/aromatic N) is 1. The summed E-state index contributed by atoms with van der Waals surface area (Å²) < 4.78 is 40.7. The Hall–Kier alpha value is -2.94. The van der Waals surface area contributed by atoms with Crippen LogP contribution >= 0.6 is 0 Å². The molecular formula is C21H28N2O6S. The number of carbonyl (C=O) groups excluding carboxylic acids is 1. The average molecular weight is 437 g/mol. The zero-order chi connectivity index (χ0) is 22.5. The zero-order valence-electron chi connectivity index (χ0n) is 18.0. The van der Waals surface area contributed by atoms with E-state index in [0.29, 0.717) is 22.9 Å². The van der Waals surface area contributed by atoms with Gasteiger partial charge in [-0.3, -0.25) is 9.10 Å². The van der Waals surface area contributed by atoms with Gasteiger partial charge in [0.15, 0.2) is 6.10 Å². The Bertz CT molecular complexity index is 975. The number of sulfonamides is 1. The Kier molecular flexibility index (Phi) is 7.55. The standard InChI is InChI=1S/C21H28N2O6S/c1-14(19-13-18(27-4)11-12-20(19)28-5)22-21(24)15(2)29-17-9-7-16(8-10-17)23(3)30(6,25)26/h7-15H,1-6H3,(H,22,24)/t14-,15-/m0/s1. The molecule has 0 aromatic heterocycles. The number of hydrogen-bond acceptors (Lipinski definition) is 6. The number of methoxy groups -OCH3 is 2. The summed E-state index contributed by atoms with van der Waals surface area (Å²) in [6.07, 6.45) is 0.366. The largest absolute Gasteiger partial charge is 0.497 e. The van der Waals surface area contributed by atoms with Gasteiger partial charge in [-0.25, -0.2) is 8.42 Å². The fourth-order valence-corrected chi connectivity index (χ4v) is 3.27. The minimum Gasteiger partial charge on any atom is -0.497 e. The van der Waals surface area contributed by atoms with E-state index in [1.807, 2.05) is 13.0 Å². The van der Waals surface area contributed by atoms with Crippen LogP contribution in [-0.4, -0.2) is 48.0 Å². The Balaban J connectivity index is 2.04. The van der Waals surface area contributed by atoms with E-state index >= 15 is 0 Å². The fourth-order valence-electron chi connectivity index (χ4n) is 2.77. The molecule has 0 saturated carbocycles. The molecule has 0 radical (unpaired) electrons. The summed E-state index contributed by atoms with van der Waals surface area (Å²) in [6, 6.07) is 11.5. The molecule has 0 aliphatic rings. The second kappa shape index (κ2) is 9.71. The molecule has 0 fully saturated rings. The predicted molar refractivity (Wildman–Crippen MR) is 116 cm³/mol. The highest BCUT2D eigenvalue weighted by Gasteiger charge is 2.20. The number of amides is 1. The summed E-state index contributed by atoms with van der Waals surface area (Å²) in [5.74, 6) is 1.46. The highest BCUT2D eigenvalue weighted by molar-refractivity contribution is 7.92. The molecule has 8 nitrogen and oxygen atoms in total. The number of ether oxygens (including phenoxy) is 3. The van der Waals surface area contributed by atoms with Crippen LogP contribution in [0.5, 0.6) is 17.2 Å². The lowest BCUT2D eigenvalue weighted by molar-refractivity contribution is -0.127. The van der Waals surface area contributed by atoms with Crippen LogP contribution in [0, 0.1) is 0 Å². The molecule has 2 aromatic carbocycles. The lowest BCUT2D eigenvalue weighted by Gasteiger charge is -2.21.